The van der Waals surface area contributed by atoms with Gasteiger partial charge < -0.3 is 5.11 Å². The van der Waals surface area contributed by atoms with Gasteiger partial charge in [0, 0.05) is 17.8 Å². The lowest BCUT2D eigenvalue weighted by molar-refractivity contribution is -0.128. The minimum Gasteiger partial charge on any atom is -0.393 e. The molecule has 0 radical (unpaired) electrons. The number of rotatable bonds is 1. The normalized spacial score (nSPS) is 53.6. The number of hydrogen-bond donors (Lipinski definition) is 1. The van der Waals surface area contributed by atoms with Crippen LogP contribution in [-0.4, -0.2) is 23.2 Å². The zero-order chi connectivity index (χ0) is 17.3. The maximum Gasteiger partial charge on any atom is 0.133 e. The minimum atomic E-state index is -0.935. The van der Waals surface area contributed by atoms with Crippen LogP contribution in [0.3, 0.4) is 0 Å². The van der Waals surface area contributed by atoms with Gasteiger partial charge in [-0.3, -0.25) is 4.79 Å². The van der Waals surface area contributed by atoms with E-state index in [0.29, 0.717) is 30.0 Å². The maximum atomic E-state index is 15.1. The topological polar surface area (TPSA) is 37.3 Å². The average molecular weight is 334 g/mol. The van der Waals surface area contributed by atoms with Crippen molar-refractivity contribution in [3.63, 3.8) is 0 Å². The lowest BCUT2D eigenvalue weighted by Crippen LogP contribution is -2.54. The number of ketones is 1. The largest absolute Gasteiger partial charge is 0.393 e. The molecular formula is C21H31FO2. The van der Waals surface area contributed by atoms with Crippen molar-refractivity contribution in [1.29, 1.82) is 0 Å². The summed E-state index contributed by atoms with van der Waals surface area (Å²) >= 11 is 0. The molecule has 0 unspecified atom stereocenters. The van der Waals surface area contributed by atoms with Crippen LogP contribution in [-0.2, 0) is 4.79 Å². The van der Waals surface area contributed by atoms with Gasteiger partial charge in [0.15, 0.2) is 0 Å². The van der Waals surface area contributed by atoms with Crippen LogP contribution < -0.4 is 0 Å². The molecule has 4 rings (SSSR count). The van der Waals surface area contributed by atoms with Crippen molar-refractivity contribution in [2.45, 2.75) is 78.0 Å². The summed E-state index contributed by atoms with van der Waals surface area (Å²) < 4.78 is 15.1. The van der Waals surface area contributed by atoms with Crippen molar-refractivity contribution in [1.82, 2.24) is 0 Å². The number of hydrogen-bond acceptors (Lipinski definition) is 2. The molecule has 24 heavy (non-hydrogen) atoms. The summed E-state index contributed by atoms with van der Waals surface area (Å²) in [7, 11) is 0. The van der Waals surface area contributed by atoms with E-state index >= 15 is 4.39 Å². The van der Waals surface area contributed by atoms with Crippen molar-refractivity contribution in [3.8, 4) is 0 Å². The van der Waals surface area contributed by atoms with Crippen molar-refractivity contribution >= 4 is 5.78 Å². The van der Waals surface area contributed by atoms with E-state index in [2.05, 4.69) is 19.9 Å². The van der Waals surface area contributed by atoms with Crippen molar-refractivity contribution < 1.29 is 14.3 Å². The summed E-state index contributed by atoms with van der Waals surface area (Å²) in [6, 6.07) is 0. The Morgan fingerprint density at radius 1 is 1.25 bits per heavy atom. The first-order chi connectivity index (χ1) is 11.3. The number of alkyl halides is 1. The number of fused-ring (bicyclic) bond motifs is 5. The van der Waals surface area contributed by atoms with E-state index < -0.39 is 17.7 Å². The summed E-state index contributed by atoms with van der Waals surface area (Å²) in [6.07, 6.45) is 6.99. The van der Waals surface area contributed by atoms with Crippen LogP contribution in [0.25, 0.3) is 0 Å². The van der Waals surface area contributed by atoms with E-state index in [1.807, 2.05) is 0 Å². The van der Waals surface area contributed by atoms with Crippen LogP contribution in [0.4, 0.5) is 4.39 Å². The first kappa shape index (κ1) is 16.8. The molecule has 3 saturated carbocycles. The highest BCUT2D eigenvalue weighted by Gasteiger charge is 2.61. The molecular weight excluding hydrogens is 303 g/mol. The van der Waals surface area contributed by atoms with Crippen LogP contribution >= 0.6 is 0 Å². The van der Waals surface area contributed by atoms with Crippen LogP contribution in [0.15, 0.2) is 11.6 Å². The average Bonchev–Trinajstić information content (AvgIpc) is 2.86. The number of carbonyl (C=O) groups excluding carboxylic acids is 1. The number of halogens is 1. The second-order valence-corrected chi connectivity index (χ2v) is 9.47. The maximum absolute atomic E-state index is 15.1. The van der Waals surface area contributed by atoms with Gasteiger partial charge in [0.25, 0.3) is 0 Å². The third-order valence-corrected chi connectivity index (χ3v) is 8.61. The fourth-order valence-corrected chi connectivity index (χ4v) is 7.32. The monoisotopic (exact) mass is 334 g/mol. The standard InChI is InChI=1S/C21H31FO2/c1-12(23)16-6-7-17-15-5-4-13-10-14(24)11-19(22)21(13,3)18(15)8-9-20(16,17)2/h4,14-19,24H,5-11H2,1-3H3/t14-,15+,16-,17+,18+,19-,20-,21+/m1/s1. The molecule has 0 amide bonds. The molecule has 4 aliphatic rings. The fourth-order valence-electron chi connectivity index (χ4n) is 7.32. The third kappa shape index (κ3) is 2.06. The second kappa shape index (κ2) is 5.40. The van der Waals surface area contributed by atoms with Gasteiger partial charge in [-0.2, -0.15) is 0 Å². The lowest BCUT2D eigenvalue weighted by Gasteiger charge is -2.58. The highest BCUT2D eigenvalue weighted by Crippen LogP contribution is 2.66. The van der Waals surface area contributed by atoms with E-state index in [9.17, 15) is 9.90 Å². The number of Topliss-reactive ketones (excluding diaryl/α,β-unsaturated/α-hetero) is 1. The molecule has 0 spiro atoms. The van der Waals surface area contributed by atoms with Gasteiger partial charge in [-0.1, -0.05) is 25.5 Å². The van der Waals surface area contributed by atoms with E-state index in [-0.39, 0.29) is 17.8 Å². The molecule has 0 aliphatic heterocycles. The highest BCUT2D eigenvalue weighted by molar-refractivity contribution is 5.79. The van der Waals surface area contributed by atoms with E-state index in [1.165, 1.54) is 5.57 Å². The molecule has 4 aliphatic carbocycles. The van der Waals surface area contributed by atoms with Gasteiger partial charge in [0.1, 0.15) is 12.0 Å². The summed E-state index contributed by atoms with van der Waals surface area (Å²) in [5, 5.41) is 10.00. The molecule has 3 fully saturated rings. The van der Waals surface area contributed by atoms with Gasteiger partial charge in [-0.05, 0) is 68.6 Å². The Morgan fingerprint density at radius 3 is 2.71 bits per heavy atom. The fraction of sp³-hybridized carbons (Fsp3) is 0.857. The van der Waals surface area contributed by atoms with Crippen molar-refractivity contribution in [2.24, 2.45) is 34.5 Å². The van der Waals surface area contributed by atoms with Crippen molar-refractivity contribution in [2.75, 3.05) is 0 Å². The molecule has 0 aromatic heterocycles. The number of allylic oxidation sites excluding steroid dienone is 1. The van der Waals surface area contributed by atoms with Gasteiger partial charge in [-0.15, -0.1) is 0 Å². The predicted octanol–water partition coefficient (Wildman–Crippen LogP) is 4.46. The molecule has 134 valence electrons. The van der Waals surface area contributed by atoms with Gasteiger partial charge in [0.2, 0.25) is 0 Å². The SMILES string of the molecule is CC(=O)[C@H]1CC[C@H]2[C@@H]3CC=C4C[C@@H](O)C[C@@H](F)[C@]4(C)[C@H]3CC[C@]12C. The number of carbonyl (C=O) groups is 1. The molecule has 8 atom stereocenters. The van der Waals surface area contributed by atoms with Crippen LogP contribution in [0.2, 0.25) is 0 Å². The summed E-state index contributed by atoms with van der Waals surface area (Å²) in [4.78, 5) is 12.1. The molecule has 0 aromatic carbocycles. The van der Waals surface area contributed by atoms with Gasteiger partial charge in [-0.25, -0.2) is 4.39 Å². The Balaban J connectivity index is 1.69. The van der Waals surface area contributed by atoms with Crippen LogP contribution in [0.5, 0.6) is 0 Å². The number of aliphatic hydroxyl groups is 1. The van der Waals surface area contributed by atoms with E-state index in [1.54, 1.807) is 6.92 Å². The Hall–Kier alpha value is -0.700. The number of aliphatic hydroxyl groups excluding tert-OH is 1. The van der Waals surface area contributed by atoms with Crippen LogP contribution in [0.1, 0.15) is 65.7 Å². The minimum absolute atomic E-state index is 0.120. The van der Waals surface area contributed by atoms with E-state index in [4.69, 9.17) is 0 Å². The lowest BCUT2D eigenvalue weighted by atomic mass is 9.47. The van der Waals surface area contributed by atoms with Crippen molar-refractivity contribution in [3.05, 3.63) is 11.6 Å². The summed E-state index contributed by atoms with van der Waals surface area (Å²) in [5.41, 5.74) is 0.895. The van der Waals surface area contributed by atoms with E-state index in [0.717, 1.165) is 32.1 Å². The molecule has 1 N–H and O–H groups in total. The van der Waals surface area contributed by atoms with Gasteiger partial charge in [0.05, 0.1) is 6.10 Å². The summed E-state index contributed by atoms with van der Waals surface area (Å²) in [6.45, 7) is 6.20. The first-order valence-corrected chi connectivity index (χ1v) is 9.80. The molecule has 3 heteroatoms. The zero-order valence-corrected chi connectivity index (χ0v) is 15.2. The molecule has 0 saturated heterocycles. The second-order valence-electron chi connectivity index (χ2n) is 9.47. The predicted molar refractivity (Wildman–Crippen MR) is 92.2 cm³/mol. The molecule has 0 aromatic rings. The highest BCUT2D eigenvalue weighted by atomic mass is 19.1. The molecule has 2 nitrogen and oxygen atoms in total. The Kier molecular flexibility index (Phi) is 3.77. The molecule has 0 heterocycles. The molecule has 0 bridgehead atoms. The zero-order valence-electron chi connectivity index (χ0n) is 15.2. The first-order valence-electron chi connectivity index (χ1n) is 9.80. The van der Waals surface area contributed by atoms with Crippen LogP contribution in [0, 0.1) is 34.5 Å². The Bertz CT molecular complexity index is 584. The quantitative estimate of drug-likeness (QED) is 0.719. The van der Waals surface area contributed by atoms with Gasteiger partial charge >= 0.3 is 0 Å². The Labute approximate surface area is 144 Å². The smallest absolute Gasteiger partial charge is 0.133 e. The Morgan fingerprint density at radius 2 is 2.00 bits per heavy atom. The summed E-state index contributed by atoms with van der Waals surface area (Å²) in [5.74, 6) is 2.00. The third-order valence-electron chi connectivity index (χ3n) is 8.61.